The lowest BCUT2D eigenvalue weighted by molar-refractivity contribution is 0.103. The van der Waals surface area contributed by atoms with Crippen molar-refractivity contribution in [3.8, 4) is 0 Å². The van der Waals surface area contributed by atoms with E-state index in [0.29, 0.717) is 12.1 Å². The van der Waals surface area contributed by atoms with Crippen LogP contribution in [0.3, 0.4) is 0 Å². The number of carbonyl (C=O) groups excluding carboxylic acids is 1. The summed E-state index contributed by atoms with van der Waals surface area (Å²) < 4.78 is 33.7. The zero-order valence-corrected chi connectivity index (χ0v) is 17.0. The monoisotopic (exact) mass is 427 g/mol. The molecule has 0 spiro atoms. The molecule has 0 amide bonds. The fourth-order valence-corrected chi connectivity index (χ4v) is 5.24. The topological polar surface area (TPSA) is 97.7 Å². The molecule has 3 heterocycles. The lowest BCUT2D eigenvalue weighted by Gasteiger charge is -2.11. The number of rotatable bonds is 6. The Morgan fingerprint density at radius 2 is 2.00 bits per heavy atom. The molecule has 0 saturated carbocycles. The van der Waals surface area contributed by atoms with Crippen LogP contribution < -0.4 is 4.72 Å². The van der Waals surface area contributed by atoms with Crippen LogP contribution in [0.1, 0.15) is 32.5 Å². The molecule has 29 heavy (non-hydrogen) atoms. The number of aliphatic imine (C=N–C) groups is 1. The molecule has 0 fully saturated rings. The lowest BCUT2D eigenvalue weighted by Crippen LogP contribution is -2.16. The fraction of sp³-hybridized carbons (Fsp3) is 0.150. The zero-order chi connectivity index (χ0) is 20.4. The highest BCUT2D eigenvalue weighted by Gasteiger charge is 2.25. The third kappa shape index (κ3) is 4.06. The Hall–Kier alpha value is -3.04. The molecule has 0 saturated heterocycles. The number of hydrogen-bond acceptors (Lipinski definition) is 7. The van der Waals surface area contributed by atoms with Gasteiger partial charge in [0.05, 0.1) is 12.1 Å². The molecule has 0 bridgehead atoms. The Bertz CT molecular complexity index is 1180. The Balaban J connectivity index is 1.64. The van der Waals surface area contributed by atoms with Crippen molar-refractivity contribution in [2.24, 2.45) is 4.99 Å². The van der Waals surface area contributed by atoms with Gasteiger partial charge in [-0.05, 0) is 30.7 Å². The highest BCUT2D eigenvalue weighted by atomic mass is 32.2. The van der Waals surface area contributed by atoms with Crippen molar-refractivity contribution in [2.75, 3.05) is 11.3 Å². The Labute approximate surface area is 172 Å². The summed E-state index contributed by atoms with van der Waals surface area (Å²) in [5.41, 5.74) is 1.41. The number of anilines is 1. The molecule has 148 valence electrons. The van der Waals surface area contributed by atoms with Gasteiger partial charge < -0.3 is 4.74 Å². The number of benzene rings is 1. The van der Waals surface area contributed by atoms with Crippen LogP contribution in [0.15, 0.2) is 63.9 Å². The minimum Gasteiger partial charge on any atom is -0.473 e. The molecule has 2 aromatic heterocycles. The number of aromatic nitrogens is 1. The summed E-state index contributed by atoms with van der Waals surface area (Å²) in [7, 11) is -3.92. The maximum Gasteiger partial charge on any atom is 0.272 e. The van der Waals surface area contributed by atoms with Crippen molar-refractivity contribution in [3.63, 3.8) is 0 Å². The molecule has 1 aliphatic rings. The minimum absolute atomic E-state index is 0.000136. The van der Waals surface area contributed by atoms with Crippen LogP contribution in [-0.2, 0) is 14.8 Å². The quantitative estimate of drug-likeness (QED) is 0.607. The first-order chi connectivity index (χ1) is 13.9. The number of ketones is 1. The number of nitrogens with zero attached hydrogens (tertiary/aromatic N) is 2. The Kier molecular flexibility index (Phi) is 5.16. The number of ether oxygens (including phenoxy) is 1. The number of hydrogen-bond donors (Lipinski definition) is 1. The normalized spacial score (nSPS) is 15.8. The maximum atomic E-state index is 12.9. The first kappa shape index (κ1) is 19.3. The molecule has 7 nitrogen and oxygen atoms in total. The maximum absolute atomic E-state index is 12.9. The predicted molar refractivity (Wildman–Crippen MR) is 111 cm³/mol. The molecule has 9 heteroatoms. The molecule has 4 rings (SSSR count). The van der Waals surface area contributed by atoms with E-state index >= 15 is 0 Å². The van der Waals surface area contributed by atoms with Gasteiger partial charge in [0.15, 0.2) is 24.1 Å². The van der Waals surface area contributed by atoms with Crippen molar-refractivity contribution in [3.05, 3.63) is 76.3 Å². The predicted octanol–water partition coefficient (Wildman–Crippen LogP) is 3.58. The second kappa shape index (κ2) is 7.76. The molecule has 1 N–H and O–H groups in total. The van der Waals surface area contributed by atoms with Crippen LogP contribution in [0, 0.1) is 6.92 Å². The SMILES string of the molecule is Cc1cnc(NS(=O)(=O)c2ccc(C3CN=CO3)s2)c(C(=O)c2ccccc2)c1. The van der Waals surface area contributed by atoms with Crippen LogP contribution in [0.2, 0.25) is 0 Å². The van der Waals surface area contributed by atoms with E-state index in [2.05, 4.69) is 14.7 Å². The van der Waals surface area contributed by atoms with E-state index < -0.39 is 10.0 Å². The van der Waals surface area contributed by atoms with E-state index in [4.69, 9.17) is 4.74 Å². The molecular weight excluding hydrogens is 410 g/mol. The Morgan fingerprint density at radius 3 is 2.72 bits per heavy atom. The molecule has 1 aromatic carbocycles. The summed E-state index contributed by atoms with van der Waals surface area (Å²) in [6.07, 6.45) is 2.62. The van der Waals surface area contributed by atoms with Crippen molar-refractivity contribution < 1.29 is 17.9 Å². The van der Waals surface area contributed by atoms with Crippen molar-refractivity contribution in [1.29, 1.82) is 0 Å². The zero-order valence-electron chi connectivity index (χ0n) is 15.4. The summed E-state index contributed by atoms with van der Waals surface area (Å²) in [6, 6.07) is 13.5. The standard InChI is InChI=1S/C20H17N3O4S2/c1-13-9-15(19(24)14-5-3-2-4-6-14)20(22-10-13)23-29(25,26)18-8-7-17(28-18)16-11-21-12-27-16/h2-10,12,16H,11H2,1H3,(H,22,23). The number of pyridine rings is 1. The number of aryl methyl sites for hydroxylation is 1. The highest BCUT2D eigenvalue weighted by molar-refractivity contribution is 7.94. The van der Waals surface area contributed by atoms with E-state index in [1.54, 1.807) is 43.3 Å². The van der Waals surface area contributed by atoms with Crippen molar-refractivity contribution in [1.82, 2.24) is 4.98 Å². The van der Waals surface area contributed by atoms with E-state index in [0.717, 1.165) is 21.8 Å². The summed E-state index contributed by atoms with van der Waals surface area (Å²) >= 11 is 1.10. The molecular formula is C20H17N3O4S2. The average Bonchev–Trinajstić information content (AvgIpc) is 3.41. The second-order valence-electron chi connectivity index (χ2n) is 6.46. The van der Waals surface area contributed by atoms with Gasteiger partial charge in [-0.15, -0.1) is 11.3 Å². The third-order valence-corrected chi connectivity index (χ3v) is 7.30. The van der Waals surface area contributed by atoms with E-state index in [9.17, 15) is 13.2 Å². The summed E-state index contributed by atoms with van der Waals surface area (Å²) in [4.78, 5) is 21.8. The number of nitrogens with one attached hydrogen (secondary N) is 1. The van der Waals surface area contributed by atoms with Crippen LogP contribution in [0.5, 0.6) is 0 Å². The largest absolute Gasteiger partial charge is 0.473 e. The van der Waals surface area contributed by atoms with Gasteiger partial charge in [0.2, 0.25) is 0 Å². The Morgan fingerprint density at radius 1 is 1.21 bits per heavy atom. The molecule has 1 aliphatic heterocycles. The first-order valence-electron chi connectivity index (χ1n) is 8.77. The number of thiophene rings is 1. The smallest absolute Gasteiger partial charge is 0.272 e. The summed E-state index contributed by atoms with van der Waals surface area (Å²) in [5.74, 6) is -0.303. The van der Waals surface area contributed by atoms with E-state index in [1.165, 1.54) is 18.7 Å². The van der Waals surface area contributed by atoms with Crippen molar-refractivity contribution in [2.45, 2.75) is 17.2 Å². The van der Waals surface area contributed by atoms with Crippen LogP contribution >= 0.6 is 11.3 Å². The molecule has 1 unspecified atom stereocenters. The second-order valence-corrected chi connectivity index (χ2v) is 9.49. The number of sulfonamides is 1. The molecule has 0 aliphatic carbocycles. The van der Waals surface area contributed by atoms with Gasteiger partial charge in [0, 0.05) is 16.6 Å². The van der Waals surface area contributed by atoms with Gasteiger partial charge in [0.1, 0.15) is 4.21 Å². The van der Waals surface area contributed by atoms with Gasteiger partial charge in [-0.25, -0.2) is 13.4 Å². The number of carbonyl (C=O) groups is 1. The average molecular weight is 428 g/mol. The fourth-order valence-electron chi connectivity index (χ4n) is 2.85. The molecule has 0 radical (unpaired) electrons. The van der Waals surface area contributed by atoms with Crippen LogP contribution in [-0.4, -0.2) is 32.1 Å². The van der Waals surface area contributed by atoms with Crippen LogP contribution in [0.25, 0.3) is 0 Å². The lowest BCUT2D eigenvalue weighted by atomic mass is 10.0. The van der Waals surface area contributed by atoms with Gasteiger partial charge in [-0.3, -0.25) is 14.5 Å². The third-order valence-electron chi connectivity index (χ3n) is 4.29. The van der Waals surface area contributed by atoms with Crippen LogP contribution in [0.4, 0.5) is 5.82 Å². The first-order valence-corrected chi connectivity index (χ1v) is 11.1. The highest BCUT2D eigenvalue weighted by Crippen LogP contribution is 2.31. The van der Waals surface area contributed by atoms with Gasteiger partial charge in [0.25, 0.3) is 10.0 Å². The van der Waals surface area contributed by atoms with Gasteiger partial charge in [-0.2, -0.15) is 0 Å². The summed E-state index contributed by atoms with van der Waals surface area (Å²) in [5, 5.41) is 0. The summed E-state index contributed by atoms with van der Waals surface area (Å²) in [6.45, 7) is 2.25. The molecule has 3 aromatic rings. The van der Waals surface area contributed by atoms with E-state index in [-0.39, 0.29) is 27.5 Å². The molecule has 1 atom stereocenters. The van der Waals surface area contributed by atoms with Gasteiger partial charge >= 0.3 is 0 Å². The van der Waals surface area contributed by atoms with Gasteiger partial charge in [-0.1, -0.05) is 30.3 Å². The van der Waals surface area contributed by atoms with E-state index in [1.807, 2.05) is 6.07 Å². The minimum atomic E-state index is -3.92. The van der Waals surface area contributed by atoms with Crippen molar-refractivity contribution >= 4 is 39.4 Å².